The summed E-state index contributed by atoms with van der Waals surface area (Å²) in [7, 11) is 1.66. The van der Waals surface area contributed by atoms with E-state index in [1.54, 1.807) is 13.4 Å². The van der Waals surface area contributed by atoms with E-state index in [9.17, 15) is 0 Å². The number of H-pyrrole nitrogens is 1. The topological polar surface area (TPSA) is 89.5 Å². The van der Waals surface area contributed by atoms with Crippen molar-refractivity contribution in [1.82, 2.24) is 30.6 Å². The molecule has 28 heavy (non-hydrogen) atoms. The van der Waals surface area contributed by atoms with Crippen LogP contribution in [0, 0.1) is 0 Å². The zero-order valence-electron chi connectivity index (χ0n) is 15.6. The van der Waals surface area contributed by atoms with Gasteiger partial charge in [-0.2, -0.15) is 5.21 Å². The highest BCUT2D eigenvalue weighted by molar-refractivity contribution is 5.93. The quantitative estimate of drug-likeness (QED) is 0.579. The van der Waals surface area contributed by atoms with Crippen LogP contribution in [0.4, 0.5) is 0 Å². The molecule has 0 unspecified atom stereocenters. The summed E-state index contributed by atoms with van der Waals surface area (Å²) in [4.78, 5) is 9.00. The highest BCUT2D eigenvalue weighted by Gasteiger charge is 2.23. The summed E-state index contributed by atoms with van der Waals surface area (Å²) in [6, 6.07) is 12.3. The molecule has 0 aliphatic heterocycles. The molecule has 140 valence electrons. The van der Waals surface area contributed by atoms with Crippen molar-refractivity contribution >= 4 is 10.9 Å². The summed E-state index contributed by atoms with van der Waals surface area (Å²) in [6.07, 6.45) is 6.51. The van der Waals surface area contributed by atoms with Crippen molar-refractivity contribution in [3.63, 3.8) is 0 Å². The normalized spacial score (nSPS) is 14.6. The predicted molar refractivity (Wildman–Crippen MR) is 106 cm³/mol. The summed E-state index contributed by atoms with van der Waals surface area (Å²) in [5.74, 6) is 1.95. The molecule has 2 aromatic heterocycles. The van der Waals surface area contributed by atoms with Gasteiger partial charge in [-0.15, -0.1) is 10.2 Å². The number of nitrogens with one attached hydrogen (secondary N) is 1. The van der Waals surface area contributed by atoms with Crippen LogP contribution in [0.3, 0.4) is 0 Å². The maximum atomic E-state index is 5.33. The Bertz CT molecular complexity index is 1120. The Morgan fingerprint density at radius 1 is 1.04 bits per heavy atom. The van der Waals surface area contributed by atoms with E-state index >= 15 is 0 Å². The number of aromatic amines is 1. The molecule has 1 aliphatic carbocycles. The number of hydrogen-bond donors (Lipinski definition) is 1. The van der Waals surface area contributed by atoms with E-state index in [0.717, 1.165) is 33.5 Å². The van der Waals surface area contributed by atoms with Crippen molar-refractivity contribution in [3.05, 3.63) is 48.3 Å². The lowest BCUT2D eigenvalue weighted by molar-refractivity contribution is 0.415. The van der Waals surface area contributed by atoms with Gasteiger partial charge in [0, 0.05) is 22.6 Å². The van der Waals surface area contributed by atoms with E-state index in [-0.39, 0.29) is 0 Å². The first kappa shape index (κ1) is 16.8. The van der Waals surface area contributed by atoms with Crippen LogP contribution in [0.5, 0.6) is 5.75 Å². The maximum Gasteiger partial charge on any atom is 0.204 e. The second kappa shape index (κ2) is 6.99. The highest BCUT2D eigenvalue weighted by atomic mass is 16.5. The second-order valence-corrected chi connectivity index (χ2v) is 7.12. The van der Waals surface area contributed by atoms with Gasteiger partial charge >= 0.3 is 0 Å². The first-order valence-corrected chi connectivity index (χ1v) is 9.50. The molecule has 7 heteroatoms. The van der Waals surface area contributed by atoms with E-state index in [1.165, 1.54) is 31.2 Å². The summed E-state index contributed by atoms with van der Waals surface area (Å²) in [6.45, 7) is 0. The standard InChI is InChI=1S/C21H20N6O/c1-28-15-7-9-17-19(11-15)22-12-23-20(17)14-6-8-16(21-24-26-27-25-21)18(10-14)13-4-2-3-5-13/h6-13H,2-5H2,1H3,(H,24,25,26,27). The Hall–Kier alpha value is -3.35. The molecule has 0 bridgehead atoms. The number of nitrogens with zero attached hydrogens (tertiary/aromatic N) is 5. The minimum Gasteiger partial charge on any atom is -0.497 e. The zero-order valence-corrected chi connectivity index (χ0v) is 15.6. The van der Waals surface area contributed by atoms with Crippen LogP contribution >= 0.6 is 0 Å². The lowest BCUT2D eigenvalue weighted by Gasteiger charge is -2.16. The van der Waals surface area contributed by atoms with Gasteiger partial charge in [0.2, 0.25) is 5.82 Å². The number of methoxy groups -OCH3 is 1. The minimum absolute atomic E-state index is 0.515. The second-order valence-electron chi connectivity index (χ2n) is 7.12. The highest BCUT2D eigenvalue weighted by Crippen LogP contribution is 2.40. The van der Waals surface area contributed by atoms with Gasteiger partial charge in [0.05, 0.1) is 18.3 Å². The van der Waals surface area contributed by atoms with E-state index < -0.39 is 0 Å². The fraction of sp³-hybridized carbons (Fsp3) is 0.286. The van der Waals surface area contributed by atoms with Crippen LogP contribution in [-0.4, -0.2) is 37.7 Å². The SMILES string of the molecule is COc1ccc2c(-c3ccc(-c4nn[nH]n4)c(C4CCCC4)c3)ncnc2c1. The molecular formula is C21H20N6O. The van der Waals surface area contributed by atoms with Crippen molar-refractivity contribution in [2.75, 3.05) is 7.11 Å². The average molecular weight is 372 g/mol. The van der Waals surface area contributed by atoms with Gasteiger partial charge in [-0.05, 0) is 47.7 Å². The summed E-state index contributed by atoms with van der Waals surface area (Å²) >= 11 is 0. The molecule has 0 saturated heterocycles. The number of benzene rings is 2. The summed E-state index contributed by atoms with van der Waals surface area (Å²) in [5, 5.41) is 15.7. The largest absolute Gasteiger partial charge is 0.497 e. The third kappa shape index (κ3) is 2.89. The van der Waals surface area contributed by atoms with Crippen LogP contribution < -0.4 is 4.74 Å². The zero-order chi connectivity index (χ0) is 18.9. The monoisotopic (exact) mass is 372 g/mol. The molecule has 1 saturated carbocycles. The molecule has 1 aliphatic rings. The van der Waals surface area contributed by atoms with Gasteiger partial charge in [-0.3, -0.25) is 0 Å². The van der Waals surface area contributed by atoms with E-state index in [2.05, 4.69) is 48.8 Å². The third-order valence-electron chi connectivity index (χ3n) is 5.55. The van der Waals surface area contributed by atoms with Gasteiger partial charge in [-0.1, -0.05) is 25.0 Å². The van der Waals surface area contributed by atoms with Gasteiger partial charge < -0.3 is 4.74 Å². The van der Waals surface area contributed by atoms with Gasteiger partial charge in [0.15, 0.2) is 0 Å². The Labute approximate surface area is 162 Å². The van der Waals surface area contributed by atoms with Gasteiger partial charge in [-0.25, -0.2) is 9.97 Å². The van der Waals surface area contributed by atoms with Gasteiger partial charge in [0.25, 0.3) is 0 Å². The molecule has 4 aromatic rings. The Balaban J connectivity index is 1.67. The smallest absolute Gasteiger partial charge is 0.204 e. The third-order valence-corrected chi connectivity index (χ3v) is 5.55. The number of hydrogen-bond acceptors (Lipinski definition) is 6. The Morgan fingerprint density at radius 3 is 2.71 bits per heavy atom. The molecular weight excluding hydrogens is 352 g/mol. The fourth-order valence-corrected chi connectivity index (χ4v) is 4.16. The van der Waals surface area contributed by atoms with Crippen molar-refractivity contribution in [2.45, 2.75) is 31.6 Å². The molecule has 7 nitrogen and oxygen atoms in total. The molecule has 1 N–H and O–H groups in total. The average Bonchev–Trinajstić information content (AvgIpc) is 3.46. The van der Waals surface area contributed by atoms with Crippen molar-refractivity contribution in [1.29, 1.82) is 0 Å². The number of aromatic nitrogens is 6. The number of rotatable bonds is 4. The number of ether oxygens (including phenoxy) is 1. The van der Waals surface area contributed by atoms with Crippen LogP contribution in [-0.2, 0) is 0 Å². The molecule has 5 rings (SSSR count). The summed E-state index contributed by atoms with van der Waals surface area (Å²) < 4.78 is 5.33. The fourth-order valence-electron chi connectivity index (χ4n) is 4.16. The lowest BCUT2D eigenvalue weighted by atomic mass is 9.90. The maximum absolute atomic E-state index is 5.33. The van der Waals surface area contributed by atoms with Crippen molar-refractivity contribution < 1.29 is 4.74 Å². The van der Waals surface area contributed by atoms with Gasteiger partial charge in [0.1, 0.15) is 12.1 Å². The first-order valence-electron chi connectivity index (χ1n) is 9.50. The van der Waals surface area contributed by atoms with E-state index in [0.29, 0.717) is 11.7 Å². The van der Waals surface area contributed by atoms with Crippen molar-refractivity contribution in [2.24, 2.45) is 0 Å². The molecule has 2 heterocycles. The van der Waals surface area contributed by atoms with E-state index in [4.69, 9.17) is 4.74 Å². The lowest BCUT2D eigenvalue weighted by Crippen LogP contribution is -1.99. The van der Waals surface area contributed by atoms with E-state index in [1.807, 2.05) is 18.2 Å². The molecule has 0 amide bonds. The molecule has 0 atom stereocenters. The molecule has 0 spiro atoms. The summed E-state index contributed by atoms with van der Waals surface area (Å²) in [5.41, 5.74) is 5.19. The molecule has 0 radical (unpaired) electrons. The number of tetrazole rings is 1. The Kier molecular flexibility index (Phi) is 4.20. The van der Waals surface area contributed by atoms with Crippen molar-refractivity contribution in [3.8, 4) is 28.4 Å². The van der Waals surface area contributed by atoms with Crippen LogP contribution in [0.1, 0.15) is 37.2 Å². The minimum atomic E-state index is 0.515. The molecule has 1 fully saturated rings. The van der Waals surface area contributed by atoms with Crippen LogP contribution in [0.2, 0.25) is 0 Å². The first-order chi connectivity index (χ1) is 13.8. The molecule has 2 aromatic carbocycles. The number of fused-ring (bicyclic) bond motifs is 1. The Morgan fingerprint density at radius 2 is 1.93 bits per heavy atom. The predicted octanol–water partition coefficient (Wildman–Crippen LogP) is 4.14. The van der Waals surface area contributed by atoms with Crippen LogP contribution in [0.25, 0.3) is 33.5 Å². The van der Waals surface area contributed by atoms with Crippen LogP contribution in [0.15, 0.2) is 42.7 Å².